The van der Waals surface area contributed by atoms with Gasteiger partial charge in [-0.1, -0.05) is 29.4 Å². The standard InChI is InChI=1S/C18H16ClN5O2S2/c1-11(26-14-5-3-4-13(19)8-14)16-22-23-18(24(16)2)28-10-15(25)21-17-12(9-20)6-7-27-17/h3-8,11H,10H2,1-2H3,(H,21,25). The van der Waals surface area contributed by atoms with E-state index >= 15 is 0 Å². The van der Waals surface area contributed by atoms with Gasteiger partial charge >= 0.3 is 0 Å². The van der Waals surface area contributed by atoms with Crippen LogP contribution in [0.4, 0.5) is 5.00 Å². The summed E-state index contributed by atoms with van der Waals surface area (Å²) < 4.78 is 7.66. The highest BCUT2D eigenvalue weighted by Gasteiger charge is 2.18. The molecule has 28 heavy (non-hydrogen) atoms. The van der Waals surface area contributed by atoms with Gasteiger partial charge in [0.25, 0.3) is 0 Å². The van der Waals surface area contributed by atoms with Crippen molar-refractivity contribution >= 4 is 45.6 Å². The van der Waals surface area contributed by atoms with Gasteiger partial charge in [0.2, 0.25) is 5.91 Å². The number of aromatic nitrogens is 3. The van der Waals surface area contributed by atoms with E-state index in [1.165, 1.54) is 23.1 Å². The molecule has 0 aliphatic rings. The van der Waals surface area contributed by atoms with E-state index < -0.39 is 0 Å². The number of nitrogens with zero attached hydrogens (tertiary/aromatic N) is 4. The van der Waals surface area contributed by atoms with Crippen LogP contribution in [-0.4, -0.2) is 26.4 Å². The van der Waals surface area contributed by atoms with Crippen molar-refractivity contribution in [2.75, 3.05) is 11.1 Å². The van der Waals surface area contributed by atoms with E-state index in [1.54, 1.807) is 28.1 Å². The van der Waals surface area contributed by atoms with Crippen molar-refractivity contribution in [2.45, 2.75) is 18.2 Å². The maximum Gasteiger partial charge on any atom is 0.235 e. The molecule has 0 spiro atoms. The first kappa shape index (κ1) is 20.2. The molecule has 1 unspecified atom stereocenters. The Labute approximate surface area is 175 Å². The second-order valence-electron chi connectivity index (χ2n) is 5.73. The van der Waals surface area contributed by atoms with E-state index in [-0.39, 0.29) is 17.8 Å². The van der Waals surface area contributed by atoms with Crippen LogP contribution in [0.2, 0.25) is 5.02 Å². The monoisotopic (exact) mass is 433 g/mol. The number of nitriles is 1. The minimum absolute atomic E-state index is 0.151. The molecule has 10 heteroatoms. The van der Waals surface area contributed by atoms with Crippen molar-refractivity contribution < 1.29 is 9.53 Å². The number of rotatable bonds is 7. The van der Waals surface area contributed by atoms with Gasteiger partial charge in [-0.25, -0.2) is 0 Å². The van der Waals surface area contributed by atoms with Crippen LogP contribution in [0.5, 0.6) is 5.75 Å². The van der Waals surface area contributed by atoms with Crippen molar-refractivity contribution in [1.29, 1.82) is 5.26 Å². The highest BCUT2D eigenvalue weighted by molar-refractivity contribution is 7.99. The third kappa shape index (κ3) is 4.84. The number of thioether (sulfide) groups is 1. The lowest BCUT2D eigenvalue weighted by Gasteiger charge is -2.14. The second kappa shape index (κ2) is 9.10. The molecule has 1 amide bonds. The van der Waals surface area contributed by atoms with Crippen LogP contribution in [0.15, 0.2) is 40.9 Å². The minimum Gasteiger partial charge on any atom is -0.483 e. The second-order valence-corrected chi connectivity index (χ2v) is 8.02. The first-order chi connectivity index (χ1) is 13.5. The number of anilines is 1. The Kier molecular flexibility index (Phi) is 6.57. The maximum absolute atomic E-state index is 12.1. The van der Waals surface area contributed by atoms with E-state index in [0.717, 1.165) is 0 Å². The van der Waals surface area contributed by atoms with Crippen LogP contribution in [0.1, 0.15) is 24.4 Å². The third-order valence-corrected chi connectivity index (χ3v) is 5.80. The summed E-state index contributed by atoms with van der Waals surface area (Å²) in [6.45, 7) is 1.87. The number of carbonyl (C=O) groups is 1. The average molecular weight is 434 g/mol. The number of nitrogens with one attached hydrogen (secondary N) is 1. The zero-order chi connectivity index (χ0) is 20.1. The number of benzene rings is 1. The van der Waals surface area contributed by atoms with E-state index in [0.29, 0.717) is 32.3 Å². The molecule has 0 aliphatic carbocycles. The Morgan fingerprint density at radius 1 is 1.46 bits per heavy atom. The quantitative estimate of drug-likeness (QED) is 0.559. The highest BCUT2D eigenvalue weighted by Crippen LogP contribution is 2.26. The first-order valence-corrected chi connectivity index (χ1v) is 10.4. The zero-order valence-corrected chi connectivity index (χ0v) is 17.4. The van der Waals surface area contributed by atoms with Gasteiger partial charge in [0, 0.05) is 12.1 Å². The number of hydrogen-bond acceptors (Lipinski definition) is 7. The third-order valence-electron chi connectivity index (χ3n) is 3.71. The zero-order valence-electron chi connectivity index (χ0n) is 15.0. The van der Waals surface area contributed by atoms with Crippen LogP contribution in [0.3, 0.4) is 0 Å². The van der Waals surface area contributed by atoms with Crippen LogP contribution < -0.4 is 10.1 Å². The van der Waals surface area contributed by atoms with Gasteiger partial charge < -0.3 is 14.6 Å². The van der Waals surface area contributed by atoms with Crippen molar-refractivity contribution in [3.63, 3.8) is 0 Å². The van der Waals surface area contributed by atoms with Crippen LogP contribution >= 0.6 is 34.7 Å². The minimum atomic E-state index is -0.344. The summed E-state index contributed by atoms with van der Waals surface area (Å²) in [6, 6.07) is 10.8. The molecule has 3 aromatic rings. The molecule has 2 heterocycles. The molecule has 0 aliphatic heterocycles. The van der Waals surface area contributed by atoms with E-state index in [1.807, 2.05) is 32.2 Å². The number of hydrogen-bond donors (Lipinski definition) is 1. The van der Waals surface area contributed by atoms with Crippen molar-refractivity contribution in [3.05, 3.63) is 52.1 Å². The molecule has 0 radical (unpaired) electrons. The normalized spacial score (nSPS) is 11.6. The largest absolute Gasteiger partial charge is 0.483 e. The fourth-order valence-corrected chi connectivity index (χ4v) is 4.04. The Morgan fingerprint density at radius 2 is 2.29 bits per heavy atom. The smallest absolute Gasteiger partial charge is 0.235 e. The summed E-state index contributed by atoms with van der Waals surface area (Å²) in [6.07, 6.45) is -0.344. The molecule has 1 N–H and O–H groups in total. The lowest BCUT2D eigenvalue weighted by molar-refractivity contribution is -0.113. The summed E-state index contributed by atoms with van der Waals surface area (Å²) in [5.41, 5.74) is 0.455. The molecular formula is C18H16ClN5O2S2. The molecule has 3 rings (SSSR count). The average Bonchev–Trinajstić information content (AvgIpc) is 3.26. The lowest BCUT2D eigenvalue weighted by atomic mass is 10.3. The summed E-state index contributed by atoms with van der Waals surface area (Å²) in [5.74, 6) is 1.21. The van der Waals surface area contributed by atoms with E-state index in [4.69, 9.17) is 21.6 Å². The van der Waals surface area contributed by atoms with Gasteiger partial charge in [-0.15, -0.1) is 21.5 Å². The van der Waals surface area contributed by atoms with Crippen LogP contribution in [-0.2, 0) is 11.8 Å². The lowest BCUT2D eigenvalue weighted by Crippen LogP contribution is -2.14. The predicted molar refractivity (Wildman–Crippen MR) is 110 cm³/mol. The summed E-state index contributed by atoms with van der Waals surface area (Å²) in [7, 11) is 1.82. The number of carbonyl (C=O) groups excluding carboxylic acids is 1. The Hall–Kier alpha value is -2.54. The van der Waals surface area contributed by atoms with Gasteiger partial charge in [0.05, 0.1) is 11.3 Å². The molecule has 144 valence electrons. The van der Waals surface area contributed by atoms with Crippen molar-refractivity contribution in [1.82, 2.24) is 14.8 Å². The van der Waals surface area contributed by atoms with Gasteiger partial charge in [-0.2, -0.15) is 5.26 Å². The topological polar surface area (TPSA) is 92.8 Å². The van der Waals surface area contributed by atoms with Gasteiger partial charge in [0.15, 0.2) is 17.1 Å². The highest BCUT2D eigenvalue weighted by atomic mass is 35.5. The van der Waals surface area contributed by atoms with Gasteiger partial charge in [0.1, 0.15) is 16.8 Å². The summed E-state index contributed by atoms with van der Waals surface area (Å²) in [4.78, 5) is 12.1. The van der Waals surface area contributed by atoms with Gasteiger partial charge in [-0.3, -0.25) is 4.79 Å². The van der Waals surface area contributed by atoms with E-state index in [9.17, 15) is 4.79 Å². The number of amides is 1. The van der Waals surface area contributed by atoms with Crippen molar-refractivity contribution in [2.24, 2.45) is 7.05 Å². The number of ether oxygens (including phenoxy) is 1. The Balaban J connectivity index is 1.59. The Bertz CT molecular complexity index is 1030. The van der Waals surface area contributed by atoms with Crippen molar-refractivity contribution in [3.8, 4) is 11.8 Å². The summed E-state index contributed by atoms with van der Waals surface area (Å²) >= 11 is 8.55. The Morgan fingerprint density at radius 3 is 3.04 bits per heavy atom. The van der Waals surface area contributed by atoms with Gasteiger partial charge in [-0.05, 0) is 36.6 Å². The molecular weight excluding hydrogens is 418 g/mol. The molecule has 1 atom stereocenters. The molecule has 0 saturated heterocycles. The van der Waals surface area contributed by atoms with E-state index in [2.05, 4.69) is 15.5 Å². The molecule has 1 aromatic carbocycles. The first-order valence-electron chi connectivity index (χ1n) is 8.19. The number of thiophene rings is 1. The SMILES string of the molecule is CC(Oc1cccc(Cl)c1)c1nnc(SCC(=O)Nc2sccc2C#N)n1C. The predicted octanol–water partition coefficient (Wildman–Crippen LogP) is 4.27. The molecule has 0 bridgehead atoms. The summed E-state index contributed by atoms with van der Waals surface area (Å²) in [5, 5.41) is 23.6. The molecule has 2 aromatic heterocycles. The number of halogens is 1. The molecule has 0 fully saturated rings. The maximum atomic E-state index is 12.1. The van der Waals surface area contributed by atoms with Crippen LogP contribution in [0.25, 0.3) is 0 Å². The van der Waals surface area contributed by atoms with Crippen LogP contribution in [0, 0.1) is 11.3 Å². The fourth-order valence-electron chi connectivity index (χ4n) is 2.39. The molecule has 0 saturated carbocycles. The fraction of sp³-hybridized carbons (Fsp3) is 0.222. The molecule has 7 nitrogen and oxygen atoms in total.